The van der Waals surface area contributed by atoms with E-state index in [2.05, 4.69) is 36.8 Å². The van der Waals surface area contributed by atoms with Crippen LogP contribution in [-0.2, 0) is 6.61 Å². The number of hydrogen-bond acceptors (Lipinski definition) is 10. The number of piperazine rings is 1. The van der Waals surface area contributed by atoms with E-state index in [1.165, 1.54) is 0 Å². The highest BCUT2D eigenvalue weighted by atomic mass is 35.5. The summed E-state index contributed by atoms with van der Waals surface area (Å²) in [5, 5.41) is 10.4. The Morgan fingerprint density at radius 2 is 1.61 bits per heavy atom. The van der Waals surface area contributed by atoms with Crippen LogP contribution in [0.5, 0.6) is 5.75 Å². The SMILES string of the molecule is COc1cc(CO)c(-c2cn3ccc(N4CCN(c5nc(N)nc(N6CCCC6)n5)CC4)cc3n2)cc1Cl. The van der Waals surface area contributed by atoms with Crippen LogP contribution >= 0.6 is 11.6 Å². The summed E-state index contributed by atoms with van der Waals surface area (Å²) in [5.74, 6) is 2.11. The van der Waals surface area contributed by atoms with Crippen LogP contribution in [0.1, 0.15) is 18.4 Å². The summed E-state index contributed by atoms with van der Waals surface area (Å²) in [7, 11) is 1.56. The molecule has 2 fully saturated rings. The first-order valence-corrected chi connectivity index (χ1v) is 13.1. The number of pyridine rings is 1. The monoisotopic (exact) mass is 535 g/mol. The third-order valence-corrected chi connectivity index (χ3v) is 7.51. The first-order valence-electron chi connectivity index (χ1n) is 12.7. The molecule has 1 aromatic carbocycles. The third-order valence-electron chi connectivity index (χ3n) is 7.21. The number of aromatic nitrogens is 5. The molecular formula is C26H30ClN9O2. The summed E-state index contributed by atoms with van der Waals surface area (Å²) in [6, 6.07) is 7.71. The molecule has 3 aromatic heterocycles. The first kappa shape index (κ1) is 24.5. The number of aliphatic hydroxyl groups is 1. The average Bonchev–Trinajstić information content (AvgIpc) is 3.63. The highest BCUT2D eigenvalue weighted by Crippen LogP contribution is 2.34. The van der Waals surface area contributed by atoms with Crippen molar-refractivity contribution in [2.45, 2.75) is 19.4 Å². The Morgan fingerprint density at radius 1 is 0.921 bits per heavy atom. The number of aliphatic hydroxyl groups excluding tert-OH is 1. The van der Waals surface area contributed by atoms with Gasteiger partial charge in [-0.1, -0.05) is 11.6 Å². The number of hydrogen-bond donors (Lipinski definition) is 2. The van der Waals surface area contributed by atoms with Crippen molar-refractivity contribution < 1.29 is 9.84 Å². The molecule has 0 bridgehead atoms. The van der Waals surface area contributed by atoms with Crippen molar-refractivity contribution in [2.75, 3.05) is 66.8 Å². The van der Waals surface area contributed by atoms with Crippen molar-refractivity contribution in [3.8, 4) is 17.0 Å². The molecule has 5 heterocycles. The van der Waals surface area contributed by atoms with E-state index in [0.29, 0.717) is 28.2 Å². The van der Waals surface area contributed by atoms with Gasteiger partial charge in [0.1, 0.15) is 11.4 Å². The topological polar surface area (TPSA) is 121 Å². The molecule has 2 aliphatic heterocycles. The van der Waals surface area contributed by atoms with Gasteiger partial charge in [0, 0.05) is 69.0 Å². The van der Waals surface area contributed by atoms with E-state index in [1.54, 1.807) is 19.2 Å². The van der Waals surface area contributed by atoms with Crippen LogP contribution in [0.4, 0.5) is 23.5 Å². The van der Waals surface area contributed by atoms with Gasteiger partial charge in [0.05, 0.1) is 24.4 Å². The number of benzene rings is 1. The normalized spacial score (nSPS) is 16.0. The van der Waals surface area contributed by atoms with Crippen molar-refractivity contribution >= 4 is 40.8 Å². The van der Waals surface area contributed by atoms with E-state index in [9.17, 15) is 5.11 Å². The predicted octanol–water partition coefficient (Wildman–Crippen LogP) is 2.85. The minimum absolute atomic E-state index is 0.140. The van der Waals surface area contributed by atoms with Crippen molar-refractivity contribution in [3.63, 3.8) is 0 Å². The van der Waals surface area contributed by atoms with E-state index in [4.69, 9.17) is 32.0 Å². The van der Waals surface area contributed by atoms with Crippen LogP contribution in [-0.4, -0.2) is 75.8 Å². The molecule has 0 aliphatic carbocycles. The first-order chi connectivity index (χ1) is 18.5. The van der Waals surface area contributed by atoms with Gasteiger partial charge < -0.3 is 34.7 Å². The number of nitrogen functional groups attached to an aromatic ring is 1. The summed E-state index contributed by atoms with van der Waals surface area (Å²) >= 11 is 6.37. The second-order valence-corrected chi connectivity index (χ2v) is 9.95. The zero-order valence-corrected chi connectivity index (χ0v) is 22.0. The van der Waals surface area contributed by atoms with Gasteiger partial charge in [-0.3, -0.25) is 0 Å². The molecule has 0 amide bonds. The fourth-order valence-electron chi connectivity index (χ4n) is 5.15. The maximum atomic E-state index is 9.90. The predicted molar refractivity (Wildman–Crippen MR) is 148 cm³/mol. The van der Waals surface area contributed by atoms with E-state index in [0.717, 1.165) is 74.7 Å². The maximum Gasteiger partial charge on any atom is 0.232 e. The van der Waals surface area contributed by atoms with E-state index in [1.807, 2.05) is 16.8 Å². The Labute approximate surface area is 225 Å². The summed E-state index contributed by atoms with van der Waals surface area (Å²) in [6.07, 6.45) is 6.25. The number of nitrogens with zero attached hydrogens (tertiary/aromatic N) is 8. The molecule has 12 heteroatoms. The molecule has 0 radical (unpaired) electrons. The van der Waals surface area contributed by atoms with Gasteiger partial charge in [-0.2, -0.15) is 15.0 Å². The fraction of sp³-hybridized carbons (Fsp3) is 0.385. The van der Waals surface area contributed by atoms with Gasteiger partial charge in [0.15, 0.2) is 0 Å². The second kappa shape index (κ2) is 10.1. The summed E-state index contributed by atoms with van der Waals surface area (Å²) in [4.78, 5) is 25.0. The van der Waals surface area contributed by atoms with E-state index in [-0.39, 0.29) is 12.6 Å². The number of rotatable bonds is 6. The highest BCUT2D eigenvalue weighted by Gasteiger charge is 2.23. The molecule has 0 spiro atoms. The smallest absolute Gasteiger partial charge is 0.232 e. The average molecular weight is 536 g/mol. The Balaban J connectivity index is 1.19. The van der Waals surface area contributed by atoms with Crippen LogP contribution in [0.15, 0.2) is 36.7 Å². The number of ether oxygens (including phenoxy) is 1. The van der Waals surface area contributed by atoms with Crippen LogP contribution in [0, 0.1) is 0 Å². The van der Waals surface area contributed by atoms with Gasteiger partial charge in [0.25, 0.3) is 0 Å². The number of fused-ring (bicyclic) bond motifs is 1. The zero-order valence-electron chi connectivity index (χ0n) is 21.2. The molecular weight excluding hydrogens is 506 g/mol. The van der Waals surface area contributed by atoms with Crippen LogP contribution in [0.2, 0.25) is 5.02 Å². The quantitative estimate of drug-likeness (QED) is 0.381. The molecule has 6 rings (SSSR count). The summed E-state index contributed by atoms with van der Waals surface area (Å²) < 4.78 is 7.27. The molecule has 11 nitrogen and oxygen atoms in total. The Kier molecular flexibility index (Phi) is 6.54. The Morgan fingerprint density at radius 3 is 2.29 bits per heavy atom. The molecule has 38 heavy (non-hydrogen) atoms. The summed E-state index contributed by atoms with van der Waals surface area (Å²) in [5.41, 5.74) is 10.2. The molecule has 3 N–H and O–H groups in total. The van der Waals surface area contributed by atoms with Gasteiger partial charge in [0.2, 0.25) is 17.8 Å². The number of imidazole rings is 1. The zero-order chi connectivity index (χ0) is 26.2. The van der Waals surface area contributed by atoms with Crippen molar-refractivity contribution in [1.82, 2.24) is 24.3 Å². The molecule has 0 saturated carbocycles. The lowest BCUT2D eigenvalue weighted by Crippen LogP contribution is -2.47. The molecule has 4 aromatic rings. The van der Waals surface area contributed by atoms with Gasteiger partial charge in [-0.05, 0) is 36.6 Å². The lowest BCUT2D eigenvalue weighted by Gasteiger charge is -2.36. The number of methoxy groups -OCH3 is 1. The van der Waals surface area contributed by atoms with Crippen molar-refractivity contribution in [1.29, 1.82) is 0 Å². The lowest BCUT2D eigenvalue weighted by molar-refractivity contribution is 0.281. The number of halogens is 1. The second-order valence-electron chi connectivity index (χ2n) is 9.54. The van der Waals surface area contributed by atoms with E-state index >= 15 is 0 Å². The molecule has 0 unspecified atom stereocenters. The number of nitrogens with two attached hydrogens (primary N) is 1. The largest absolute Gasteiger partial charge is 0.495 e. The standard InChI is InChI=1S/C26H30ClN9O2/c1-38-22-12-17(16-37)19(14-20(22)27)21-15-36-7-4-18(13-23(36)29-21)33-8-10-35(11-9-33)26-31-24(28)30-25(32-26)34-5-2-3-6-34/h4,7,12-15,37H,2-3,5-6,8-11,16H2,1H3,(H2,28,30,31,32). The molecule has 2 saturated heterocycles. The molecule has 198 valence electrons. The Bertz CT molecular complexity index is 1460. The van der Waals surface area contributed by atoms with Crippen molar-refractivity contribution in [3.05, 3.63) is 47.2 Å². The molecule has 0 atom stereocenters. The number of anilines is 4. The third kappa shape index (κ3) is 4.63. The maximum absolute atomic E-state index is 9.90. The minimum Gasteiger partial charge on any atom is -0.495 e. The highest BCUT2D eigenvalue weighted by molar-refractivity contribution is 6.32. The van der Waals surface area contributed by atoms with Crippen molar-refractivity contribution in [2.24, 2.45) is 0 Å². The Hall–Kier alpha value is -3.83. The molecule has 2 aliphatic rings. The fourth-order valence-corrected chi connectivity index (χ4v) is 5.39. The lowest BCUT2D eigenvalue weighted by atomic mass is 10.1. The van der Waals surface area contributed by atoms with Crippen LogP contribution in [0.25, 0.3) is 16.9 Å². The van der Waals surface area contributed by atoms with Crippen LogP contribution in [0.3, 0.4) is 0 Å². The van der Waals surface area contributed by atoms with Gasteiger partial charge >= 0.3 is 0 Å². The van der Waals surface area contributed by atoms with Gasteiger partial charge in [-0.25, -0.2) is 4.98 Å². The summed E-state index contributed by atoms with van der Waals surface area (Å²) in [6.45, 7) is 4.96. The minimum atomic E-state index is -0.140. The van der Waals surface area contributed by atoms with Gasteiger partial charge in [-0.15, -0.1) is 0 Å². The van der Waals surface area contributed by atoms with E-state index < -0.39 is 0 Å². The van der Waals surface area contributed by atoms with Crippen LogP contribution < -0.4 is 25.2 Å².